The number of ether oxygens (including phenoxy) is 5. The molecule has 3 aliphatic rings. The second-order valence-corrected chi connectivity index (χ2v) is 7.73. The molecule has 0 aliphatic carbocycles. The Morgan fingerprint density at radius 3 is 2.34 bits per heavy atom. The predicted octanol–water partition coefficient (Wildman–Crippen LogP) is 3.53. The Hall–Kier alpha value is -3.00. The number of fused-ring (bicyclic) bond motifs is 2. The number of thioether (sulfide) groups is 1. The molecule has 29 heavy (non-hydrogen) atoms. The molecular formula is C21H19NO6S. The Morgan fingerprint density at radius 2 is 1.69 bits per heavy atom. The van der Waals surface area contributed by atoms with Crippen molar-refractivity contribution in [2.45, 2.75) is 5.92 Å². The zero-order chi connectivity index (χ0) is 20.1. The molecule has 0 spiro atoms. The third-order valence-corrected chi connectivity index (χ3v) is 6.26. The summed E-state index contributed by atoms with van der Waals surface area (Å²) in [4.78, 5) is 12.8. The van der Waals surface area contributed by atoms with Gasteiger partial charge in [0.05, 0.1) is 21.3 Å². The maximum absolute atomic E-state index is 12.8. The standard InChI is InChI=1S/C21H19NO6S/c1-24-16-4-10(5-17(25-2)20(16)26-3)18-11-6-14-15(28-9-27-14)7-12(11)22-13-8-29-21(23)19(13)18/h4-7,18,22H,8-9H2,1-3H3. The van der Waals surface area contributed by atoms with E-state index in [4.69, 9.17) is 23.7 Å². The highest BCUT2D eigenvalue weighted by molar-refractivity contribution is 8.14. The van der Waals surface area contributed by atoms with E-state index in [9.17, 15) is 4.79 Å². The normalized spacial score (nSPS) is 18.9. The fourth-order valence-corrected chi connectivity index (χ4v) is 4.95. The van der Waals surface area contributed by atoms with Crippen molar-refractivity contribution in [3.05, 3.63) is 46.7 Å². The molecule has 1 N–H and O–H groups in total. The van der Waals surface area contributed by atoms with Crippen LogP contribution in [0.3, 0.4) is 0 Å². The van der Waals surface area contributed by atoms with E-state index in [-0.39, 0.29) is 17.8 Å². The van der Waals surface area contributed by atoms with Gasteiger partial charge >= 0.3 is 0 Å². The molecule has 1 atom stereocenters. The number of nitrogens with one attached hydrogen (secondary N) is 1. The van der Waals surface area contributed by atoms with Gasteiger partial charge in [0.1, 0.15) is 0 Å². The van der Waals surface area contributed by atoms with Crippen LogP contribution < -0.4 is 29.0 Å². The number of hydrogen-bond acceptors (Lipinski definition) is 8. The van der Waals surface area contributed by atoms with Crippen LogP contribution in [0.2, 0.25) is 0 Å². The Bertz CT molecular complexity index is 1040. The lowest BCUT2D eigenvalue weighted by Gasteiger charge is -2.29. The van der Waals surface area contributed by atoms with Crippen LogP contribution in [0.25, 0.3) is 0 Å². The van der Waals surface area contributed by atoms with Crippen LogP contribution in [-0.4, -0.2) is 39.0 Å². The summed E-state index contributed by atoms with van der Waals surface area (Å²) in [7, 11) is 4.73. The SMILES string of the molecule is COc1cc(C2C3=C(CSC3=O)Nc3cc4c(cc32)OCO4)cc(OC)c1OC. The van der Waals surface area contributed by atoms with Gasteiger partial charge in [0.15, 0.2) is 23.0 Å². The lowest BCUT2D eigenvalue weighted by molar-refractivity contribution is -0.107. The first-order valence-corrected chi connectivity index (χ1v) is 10.0. The second-order valence-electron chi connectivity index (χ2n) is 6.78. The first-order chi connectivity index (χ1) is 14.1. The number of carbonyl (C=O) groups is 1. The summed E-state index contributed by atoms with van der Waals surface area (Å²) in [5, 5.41) is 3.48. The quantitative estimate of drug-likeness (QED) is 0.816. The molecule has 2 aromatic rings. The van der Waals surface area contributed by atoms with Gasteiger partial charge in [-0.2, -0.15) is 0 Å². The fourth-order valence-electron chi connectivity index (χ4n) is 4.05. The van der Waals surface area contributed by atoms with Crippen molar-refractivity contribution in [2.24, 2.45) is 0 Å². The number of anilines is 1. The molecule has 0 saturated heterocycles. The summed E-state index contributed by atoms with van der Waals surface area (Å²) in [6.45, 7) is 0.189. The summed E-state index contributed by atoms with van der Waals surface area (Å²) in [6, 6.07) is 7.66. The van der Waals surface area contributed by atoms with Gasteiger partial charge in [0.2, 0.25) is 17.7 Å². The molecular weight excluding hydrogens is 394 g/mol. The van der Waals surface area contributed by atoms with Gasteiger partial charge in [-0.1, -0.05) is 11.8 Å². The van der Waals surface area contributed by atoms with Crippen LogP contribution in [-0.2, 0) is 4.79 Å². The highest BCUT2D eigenvalue weighted by Gasteiger charge is 2.39. The second kappa shape index (κ2) is 6.81. The zero-order valence-corrected chi connectivity index (χ0v) is 17.0. The minimum atomic E-state index is -0.285. The molecule has 3 heterocycles. The van der Waals surface area contributed by atoms with Gasteiger partial charge in [0.25, 0.3) is 0 Å². The molecule has 0 aromatic heterocycles. The van der Waals surface area contributed by atoms with E-state index in [1.165, 1.54) is 11.8 Å². The first-order valence-electron chi connectivity index (χ1n) is 9.05. The molecule has 3 aliphatic heterocycles. The fraction of sp³-hybridized carbons (Fsp3) is 0.286. The predicted molar refractivity (Wildman–Crippen MR) is 109 cm³/mol. The van der Waals surface area contributed by atoms with E-state index in [0.717, 1.165) is 28.1 Å². The van der Waals surface area contributed by atoms with Crippen molar-refractivity contribution in [1.82, 2.24) is 0 Å². The van der Waals surface area contributed by atoms with Crippen LogP contribution in [0.15, 0.2) is 35.5 Å². The van der Waals surface area contributed by atoms with Gasteiger partial charge < -0.3 is 29.0 Å². The average Bonchev–Trinajstić information content (AvgIpc) is 3.35. The molecule has 0 fully saturated rings. The third kappa shape index (κ3) is 2.70. The van der Waals surface area contributed by atoms with Crippen molar-refractivity contribution in [2.75, 3.05) is 39.2 Å². The van der Waals surface area contributed by atoms with E-state index in [1.54, 1.807) is 21.3 Å². The molecule has 0 amide bonds. The summed E-state index contributed by atoms with van der Waals surface area (Å²) < 4.78 is 27.7. The van der Waals surface area contributed by atoms with Gasteiger partial charge in [-0.05, 0) is 29.3 Å². The maximum atomic E-state index is 12.8. The van der Waals surface area contributed by atoms with Crippen LogP contribution in [0.4, 0.5) is 5.69 Å². The Labute approximate surface area is 171 Å². The summed E-state index contributed by atoms with van der Waals surface area (Å²) >= 11 is 1.30. The monoisotopic (exact) mass is 413 g/mol. The molecule has 2 aromatic carbocycles. The highest BCUT2D eigenvalue weighted by atomic mass is 32.2. The number of carbonyl (C=O) groups excluding carboxylic acids is 1. The Morgan fingerprint density at radius 1 is 1.00 bits per heavy atom. The largest absolute Gasteiger partial charge is 0.493 e. The summed E-state index contributed by atoms with van der Waals surface area (Å²) in [6.07, 6.45) is 0. The summed E-state index contributed by atoms with van der Waals surface area (Å²) in [5.74, 6) is 3.30. The molecule has 0 radical (unpaired) electrons. The number of methoxy groups -OCH3 is 3. The molecule has 1 unspecified atom stereocenters. The Kier molecular flexibility index (Phi) is 4.24. The third-order valence-electron chi connectivity index (χ3n) is 5.34. The molecule has 0 saturated carbocycles. The average molecular weight is 413 g/mol. The number of hydrogen-bond donors (Lipinski definition) is 1. The maximum Gasteiger partial charge on any atom is 0.231 e. The van der Waals surface area contributed by atoms with Crippen molar-refractivity contribution >= 4 is 22.6 Å². The van der Waals surface area contributed by atoms with Gasteiger partial charge in [-0.25, -0.2) is 0 Å². The van der Waals surface area contributed by atoms with E-state index in [1.807, 2.05) is 24.3 Å². The van der Waals surface area contributed by atoms with E-state index in [0.29, 0.717) is 34.5 Å². The van der Waals surface area contributed by atoms with Crippen molar-refractivity contribution in [3.8, 4) is 28.7 Å². The van der Waals surface area contributed by atoms with Crippen LogP contribution in [0.1, 0.15) is 17.0 Å². The molecule has 0 bridgehead atoms. The molecule has 5 rings (SSSR count). The van der Waals surface area contributed by atoms with Crippen molar-refractivity contribution in [1.29, 1.82) is 0 Å². The van der Waals surface area contributed by atoms with Gasteiger partial charge in [-0.3, -0.25) is 4.79 Å². The minimum absolute atomic E-state index is 0.0644. The van der Waals surface area contributed by atoms with E-state index in [2.05, 4.69) is 5.32 Å². The Balaban J connectivity index is 1.74. The lowest BCUT2D eigenvalue weighted by atomic mass is 9.81. The molecule has 150 valence electrons. The van der Waals surface area contributed by atoms with Crippen LogP contribution in [0.5, 0.6) is 28.7 Å². The number of benzene rings is 2. The molecule has 8 heteroatoms. The van der Waals surface area contributed by atoms with Crippen LogP contribution >= 0.6 is 11.8 Å². The van der Waals surface area contributed by atoms with Gasteiger partial charge in [-0.15, -0.1) is 0 Å². The topological polar surface area (TPSA) is 75.3 Å². The first kappa shape index (κ1) is 18.1. The van der Waals surface area contributed by atoms with Crippen LogP contribution in [0, 0.1) is 0 Å². The lowest BCUT2D eigenvalue weighted by Crippen LogP contribution is -2.19. The van der Waals surface area contributed by atoms with E-state index >= 15 is 0 Å². The summed E-state index contributed by atoms with van der Waals surface area (Å²) in [5.41, 5.74) is 4.39. The highest BCUT2D eigenvalue weighted by Crippen LogP contribution is 2.52. The number of rotatable bonds is 4. The smallest absolute Gasteiger partial charge is 0.231 e. The zero-order valence-electron chi connectivity index (χ0n) is 16.2. The van der Waals surface area contributed by atoms with E-state index < -0.39 is 0 Å². The minimum Gasteiger partial charge on any atom is -0.493 e. The van der Waals surface area contributed by atoms with Gasteiger partial charge in [0, 0.05) is 34.7 Å². The van der Waals surface area contributed by atoms with Crippen molar-refractivity contribution < 1.29 is 28.5 Å². The molecule has 7 nitrogen and oxygen atoms in total. The van der Waals surface area contributed by atoms with Crippen molar-refractivity contribution in [3.63, 3.8) is 0 Å².